The fourth-order valence-electron chi connectivity index (χ4n) is 3.36. The Bertz CT molecular complexity index is 564. The van der Waals surface area contributed by atoms with Gasteiger partial charge in [-0.3, -0.25) is 9.59 Å². The highest BCUT2D eigenvalue weighted by Crippen LogP contribution is 2.24. The lowest BCUT2D eigenvalue weighted by Gasteiger charge is -2.26. The molecule has 24 heavy (non-hydrogen) atoms. The number of aliphatic hydroxyl groups is 1. The van der Waals surface area contributed by atoms with E-state index in [0.29, 0.717) is 30.6 Å². The minimum Gasteiger partial charge on any atom is -0.393 e. The number of benzene rings is 1. The molecule has 0 aromatic heterocycles. The van der Waals surface area contributed by atoms with Crippen LogP contribution in [-0.4, -0.2) is 58.5 Å². The third-order valence-electron chi connectivity index (χ3n) is 4.68. The average Bonchev–Trinajstić information content (AvgIpc) is 3.02. The summed E-state index contributed by atoms with van der Waals surface area (Å²) < 4.78 is 0. The first-order valence-corrected chi connectivity index (χ1v) is 8.86. The summed E-state index contributed by atoms with van der Waals surface area (Å²) in [7, 11) is 0. The molecular weight excluding hydrogens is 304 g/mol. The van der Waals surface area contributed by atoms with Gasteiger partial charge in [-0.25, -0.2) is 0 Å². The smallest absolute Gasteiger partial charge is 0.254 e. The highest BCUT2D eigenvalue weighted by atomic mass is 16.3. The predicted octanol–water partition coefficient (Wildman–Crippen LogP) is 2.54. The lowest BCUT2D eigenvalue weighted by atomic mass is 10.1. The molecule has 0 saturated carbocycles. The average molecular weight is 332 g/mol. The zero-order valence-corrected chi connectivity index (χ0v) is 14.9. The lowest BCUT2D eigenvalue weighted by molar-refractivity contribution is 0.0680. The molecule has 1 aromatic rings. The first-order chi connectivity index (χ1) is 11.5. The van der Waals surface area contributed by atoms with E-state index in [2.05, 4.69) is 0 Å². The Hall–Kier alpha value is -1.88. The topological polar surface area (TPSA) is 60.9 Å². The van der Waals surface area contributed by atoms with Crippen molar-refractivity contribution < 1.29 is 14.7 Å². The van der Waals surface area contributed by atoms with Crippen molar-refractivity contribution in [1.82, 2.24) is 9.80 Å². The van der Waals surface area contributed by atoms with Crippen molar-refractivity contribution in [3.63, 3.8) is 0 Å². The van der Waals surface area contributed by atoms with Gasteiger partial charge in [0.25, 0.3) is 11.8 Å². The van der Waals surface area contributed by atoms with Crippen molar-refractivity contribution in [2.75, 3.05) is 19.6 Å². The van der Waals surface area contributed by atoms with Gasteiger partial charge in [0.2, 0.25) is 0 Å². The third-order valence-corrected chi connectivity index (χ3v) is 4.68. The van der Waals surface area contributed by atoms with Gasteiger partial charge in [0.1, 0.15) is 0 Å². The van der Waals surface area contributed by atoms with Crippen molar-refractivity contribution in [1.29, 1.82) is 0 Å². The number of nitrogens with zero attached hydrogens (tertiary/aromatic N) is 2. The number of hydrogen-bond donors (Lipinski definition) is 1. The van der Waals surface area contributed by atoms with Crippen LogP contribution in [0.25, 0.3) is 0 Å². The van der Waals surface area contributed by atoms with Gasteiger partial charge in [0, 0.05) is 36.8 Å². The number of carbonyl (C=O) groups excluding carboxylic acids is 2. The van der Waals surface area contributed by atoms with E-state index in [1.54, 1.807) is 36.1 Å². The molecule has 5 nitrogen and oxygen atoms in total. The van der Waals surface area contributed by atoms with Crippen LogP contribution in [0.3, 0.4) is 0 Å². The van der Waals surface area contributed by atoms with Crippen LogP contribution in [0, 0.1) is 0 Å². The van der Waals surface area contributed by atoms with Crippen molar-refractivity contribution >= 4 is 11.8 Å². The molecule has 0 aliphatic carbocycles. The Balaban J connectivity index is 2.10. The van der Waals surface area contributed by atoms with Gasteiger partial charge in [-0.05, 0) is 64.3 Å². The van der Waals surface area contributed by atoms with E-state index in [-0.39, 0.29) is 17.9 Å². The molecule has 1 aromatic carbocycles. The number of likely N-dealkylation sites (tertiary alicyclic amines) is 1. The molecule has 1 fully saturated rings. The van der Waals surface area contributed by atoms with E-state index in [9.17, 15) is 14.7 Å². The Morgan fingerprint density at radius 1 is 1.21 bits per heavy atom. The van der Waals surface area contributed by atoms with E-state index < -0.39 is 6.10 Å². The summed E-state index contributed by atoms with van der Waals surface area (Å²) in [4.78, 5) is 28.7. The molecule has 1 N–H and O–H groups in total. The van der Waals surface area contributed by atoms with Crippen LogP contribution in [0.5, 0.6) is 0 Å². The zero-order chi connectivity index (χ0) is 17.7. The third kappa shape index (κ3) is 4.15. The SMILES string of the molecule is CCN(CC)C(=O)c1ccc(C(=O)N2CCCC2CC(C)O)cc1. The molecule has 5 heteroatoms. The number of aliphatic hydroxyl groups excluding tert-OH is 1. The molecule has 2 atom stereocenters. The van der Waals surface area contributed by atoms with Crippen LogP contribution in [0.2, 0.25) is 0 Å². The van der Waals surface area contributed by atoms with E-state index in [1.807, 2.05) is 18.7 Å². The Kier molecular flexibility index (Phi) is 6.37. The minimum atomic E-state index is -0.405. The van der Waals surface area contributed by atoms with Crippen molar-refractivity contribution in [2.24, 2.45) is 0 Å². The largest absolute Gasteiger partial charge is 0.393 e. The number of hydrogen-bond acceptors (Lipinski definition) is 3. The van der Waals surface area contributed by atoms with Crippen LogP contribution < -0.4 is 0 Å². The molecule has 1 heterocycles. The van der Waals surface area contributed by atoms with Crippen molar-refractivity contribution in [2.45, 2.75) is 52.2 Å². The van der Waals surface area contributed by atoms with E-state index in [4.69, 9.17) is 0 Å². The molecule has 1 aliphatic heterocycles. The van der Waals surface area contributed by atoms with Gasteiger partial charge in [0.05, 0.1) is 6.10 Å². The van der Waals surface area contributed by atoms with E-state index in [0.717, 1.165) is 19.4 Å². The zero-order valence-electron chi connectivity index (χ0n) is 14.9. The second-order valence-corrected chi connectivity index (χ2v) is 6.43. The molecule has 0 bridgehead atoms. The van der Waals surface area contributed by atoms with Crippen LogP contribution in [0.15, 0.2) is 24.3 Å². The maximum Gasteiger partial charge on any atom is 0.254 e. The quantitative estimate of drug-likeness (QED) is 0.871. The summed E-state index contributed by atoms with van der Waals surface area (Å²) in [6.45, 7) is 7.74. The normalized spacial score (nSPS) is 18.5. The number of rotatable bonds is 6. The maximum atomic E-state index is 12.7. The van der Waals surface area contributed by atoms with Gasteiger partial charge in [-0.15, -0.1) is 0 Å². The summed E-state index contributed by atoms with van der Waals surface area (Å²) in [5.74, 6) is -0.0212. The van der Waals surface area contributed by atoms with Crippen LogP contribution in [-0.2, 0) is 0 Å². The lowest BCUT2D eigenvalue weighted by Crippen LogP contribution is -2.37. The molecule has 1 saturated heterocycles. The second-order valence-electron chi connectivity index (χ2n) is 6.43. The summed E-state index contributed by atoms with van der Waals surface area (Å²) in [6.07, 6.45) is 2.12. The van der Waals surface area contributed by atoms with Gasteiger partial charge in [-0.1, -0.05) is 0 Å². The molecule has 132 valence electrons. The van der Waals surface area contributed by atoms with Crippen molar-refractivity contribution in [3.8, 4) is 0 Å². The first kappa shape index (κ1) is 18.5. The highest BCUT2D eigenvalue weighted by Gasteiger charge is 2.30. The number of amides is 2. The number of carbonyl (C=O) groups is 2. The molecular formula is C19H28N2O3. The summed E-state index contributed by atoms with van der Waals surface area (Å²) in [5, 5.41) is 9.60. The van der Waals surface area contributed by atoms with Gasteiger partial charge >= 0.3 is 0 Å². The van der Waals surface area contributed by atoms with Crippen LogP contribution >= 0.6 is 0 Å². The molecule has 1 aliphatic rings. The van der Waals surface area contributed by atoms with Crippen LogP contribution in [0.4, 0.5) is 0 Å². The second kappa shape index (κ2) is 8.29. The molecule has 2 amide bonds. The van der Waals surface area contributed by atoms with E-state index >= 15 is 0 Å². The highest BCUT2D eigenvalue weighted by molar-refractivity contribution is 5.98. The van der Waals surface area contributed by atoms with Gasteiger partial charge in [0.15, 0.2) is 0 Å². The Labute approximate surface area is 144 Å². The Morgan fingerprint density at radius 2 is 1.79 bits per heavy atom. The van der Waals surface area contributed by atoms with Crippen molar-refractivity contribution in [3.05, 3.63) is 35.4 Å². The standard InChI is InChI=1S/C19H28N2O3/c1-4-20(5-2)18(23)15-8-10-16(11-9-15)19(24)21-12-6-7-17(21)13-14(3)22/h8-11,14,17,22H,4-7,12-13H2,1-3H3. The van der Waals surface area contributed by atoms with Gasteiger partial charge < -0.3 is 14.9 Å². The maximum absolute atomic E-state index is 12.7. The Morgan fingerprint density at radius 3 is 2.33 bits per heavy atom. The summed E-state index contributed by atoms with van der Waals surface area (Å²) in [5.41, 5.74) is 1.21. The van der Waals surface area contributed by atoms with Gasteiger partial charge in [-0.2, -0.15) is 0 Å². The molecule has 2 unspecified atom stereocenters. The summed E-state index contributed by atoms with van der Waals surface area (Å²) in [6, 6.07) is 7.03. The van der Waals surface area contributed by atoms with E-state index in [1.165, 1.54) is 0 Å². The summed E-state index contributed by atoms with van der Waals surface area (Å²) >= 11 is 0. The first-order valence-electron chi connectivity index (χ1n) is 8.86. The monoisotopic (exact) mass is 332 g/mol. The predicted molar refractivity (Wildman–Crippen MR) is 94.0 cm³/mol. The molecule has 0 spiro atoms. The fraction of sp³-hybridized carbons (Fsp3) is 0.579. The minimum absolute atomic E-state index is 0.00727. The molecule has 0 radical (unpaired) electrons. The fourth-order valence-corrected chi connectivity index (χ4v) is 3.36. The molecule has 2 rings (SSSR count). The van der Waals surface area contributed by atoms with Crippen LogP contribution in [0.1, 0.15) is 60.7 Å².